The average Bonchev–Trinajstić information content (AvgIpc) is 2.17. The van der Waals surface area contributed by atoms with Crippen molar-refractivity contribution in [1.82, 2.24) is 4.83 Å². The van der Waals surface area contributed by atoms with E-state index in [4.69, 9.17) is 5.11 Å². The van der Waals surface area contributed by atoms with Gasteiger partial charge in [-0.2, -0.15) is 0 Å². The fraction of sp³-hybridized carbons (Fsp3) is 0. The lowest BCUT2D eigenvalue weighted by Gasteiger charge is -2.04. The Kier molecular flexibility index (Phi) is 3.03. The van der Waals surface area contributed by atoms with E-state index >= 15 is 0 Å². The highest BCUT2D eigenvalue weighted by Gasteiger charge is 2.19. The summed E-state index contributed by atoms with van der Waals surface area (Å²) in [5.74, 6) is 2.25. The van der Waals surface area contributed by atoms with E-state index in [1.807, 2.05) is 0 Å². The predicted octanol–water partition coefficient (Wildman–Crippen LogP) is -0.324. The van der Waals surface area contributed by atoms with Crippen LogP contribution in [0.25, 0.3) is 0 Å². The van der Waals surface area contributed by atoms with Gasteiger partial charge in [-0.25, -0.2) is 17.6 Å². The molecule has 82 valence electrons. The normalized spacial score (nSPS) is 11.3. The summed E-state index contributed by atoms with van der Waals surface area (Å²) in [6.07, 6.45) is 0. The third kappa shape index (κ3) is 2.29. The van der Waals surface area contributed by atoms with Crippen molar-refractivity contribution in [2.75, 3.05) is 0 Å². The quantitative estimate of drug-likeness (QED) is 0.490. The second-order valence-electron chi connectivity index (χ2n) is 2.57. The average molecular weight is 234 g/mol. The van der Waals surface area contributed by atoms with Gasteiger partial charge < -0.3 is 5.11 Å². The van der Waals surface area contributed by atoms with Gasteiger partial charge >= 0.3 is 5.97 Å². The van der Waals surface area contributed by atoms with Crippen molar-refractivity contribution in [2.24, 2.45) is 5.84 Å². The maximum absolute atomic E-state index is 13.0. The molecule has 1 aromatic carbocycles. The first kappa shape index (κ1) is 11.6. The molecule has 6 nitrogen and oxygen atoms in total. The minimum atomic E-state index is -4.20. The number of aromatic carboxylic acids is 1. The molecule has 1 rings (SSSR count). The number of rotatable bonds is 3. The van der Waals surface area contributed by atoms with Gasteiger partial charge in [0.1, 0.15) is 10.7 Å². The third-order valence-electron chi connectivity index (χ3n) is 1.62. The maximum Gasteiger partial charge on any atom is 0.335 e. The Bertz CT molecular complexity index is 500. The molecule has 0 unspecified atom stereocenters. The van der Waals surface area contributed by atoms with Gasteiger partial charge in [-0.05, 0) is 18.2 Å². The topological polar surface area (TPSA) is 109 Å². The molecule has 1 aromatic rings. The summed E-state index contributed by atoms with van der Waals surface area (Å²) in [6, 6.07) is 2.38. The standard InChI is InChI=1S/C7H7FN2O4S/c8-5-2-1-4(7(11)12)3-6(5)15(13,14)10-9/h1-3,10H,9H2,(H,11,12). The molecule has 0 aliphatic carbocycles. The summed E-state index contributed by atoms with van der Waals surface area (Å²) in [7, 11) is -4.20. The molecule has 0 atom stereocenters. The highest BCUT2D eigenvalue weighted by atomic mass is 32.2. The second kappa shape index (κ2) is 3.93. The van der Waals surface area contributed by atoms with Crippen molar-refractivity contribution in [3.05, 3.63) is 29.6 Å². The van der Waals surface area contributed by atoms with Crippen molar-refractivity contribution in [1.29, 1.82) is 0 Å². The summed E-state index contributed by atoms with van der Waals surface area (Å²) in [5, 5.41) is 8.57. The molecule has 8 heteroatoms. The third-order valence-corrected chi connectivity index (χ3v) is 2.83. The first-order valence-electron chi connectivity index (χ1n) is 3.64. The molecule has 0 spiro atoms. The van der Waals surface area contributed by atoms with Gasteiger partial charge in [0.05, 0.1) is 5.56 Å². The molecule has 0 aromatic heterocycles. The monoisotopic (exact) mass is 234 g/mol. The number of carboxylic acid groups (broad SMARTS) is 1. The summed E-state index contributed by atoms with van der Waals surface area (Å²) in [6.45, 7) is 0. The number of nitrogens with two attached hydrogens (primary N) is 1. The number of carboxylic acids is 1. The molecule has 15 heavy (non-hydrogen) atoms. The van der Waals surface area contributed by atoms with Gasteiger partial charge in [-0.1, -0.05) is 0 Å². The Balaban J connectivity index is 3.42. The van der Waals surface area contributed by atoms with E-state index < -0.39 is 26.7 Å². The fourth-order valence-electron chi connectivity index (χ4n) is 0.906. The van der Waals surface area contributed by atoms with Crippen LogP contribution in [-0.2, 0) is 10.0 Å². The van der Waals surface area contributed by atoms with Crippen molar-refractivity contribution < 1.29 is 22.7 Å². The van der Waals surface area contributed by atoms with Crippen molar-refractivity contribution >= 4 is 16.0 Å². The van der Waals surface area contributed by atoms with Crippen LogP contribution in [0.3, 0.4) is 0 Å². The number of carbonyl (C=O) groups is 1. The molecular formula is C7H7FN2O4S. The molecule has 0 amide bonds. The van der Waals surface area contributed by atoms with Crippen LogP contribution in [-0.4, -0.2) is 19.5 Å². The maximum atomic E-state index is 13.0. The van der Waals surface area contributed by atoms with E-state index in [1.165, 1.54) is 4.83 Å². The molecule has 0 saturated heterocycles. The zero-order valence-electron chi connectivity index (χ0n) is 7.27. The zero-order valence-corrected chi connectivity index (χ0v) is 8.08. The summed E-state index contributed by atoms with van der Waals surface area (Å²) >= 11 is 0. The molecule has 0 saturated carbocycles. The van der Waals surface area contributed by atoms with Crippen LogP contribution in [0, 0.1) is 5.82 Å². The van der Waals surface area contributed by atoms with Crippen LogP contribution >= 0.6 is 0 Å². The van der Waals surface area contributed by atoms with Crippen molar-refractivity contribution in [3.8, 4) is 0 Å². The minimum absolute atomic E-state index is 0.342. The summed E-state index contributed by atoms with van der Waals surface area (Å²) in [5.41, 5.74) is -0.342. The molecule has 0 fully saturated rings. The first-order chi connectivity index (χ1) is 6.88. The minimum Gasteiger partial charge on any atom is -0.478 e. The Hall–Kier alpha value is -1.51. The van der Waals surface area contributed by atoms with Crippen LogP contribution in [0.4, 0.5) is 4.39 Å². The smallest absolute Gasteiger partial charge is 0.335 e. The number of nitrogens with one attached hydrogen (secondary N) is 1. The van der Waals surface area contributed by atoms with Crippen LogP contribution < -0.4 is 10.7 Å². The van der Waals surface area contributed by atoms with Gasteiger partial charge in [-0.15, -0.1) is 4.83 Å². The molecular weight excluding hydrogens is 227 g/mol. The van der Waals surface area contributed by atoms with E-state index in [1.54, 1.807) is 0 Å². The molecule has 4 N–H and O–H groups in total. The fourth-order valence-corrected chi connectivity index (χ4v) is 1.64. The lowest BCUT2D eigenvalue weighted by molar-refractivity contribution is 0.0696. The number of sulfonamides is 1. The van der Waals surface area contributed by atoms with E-state index in [0.717, 1.165) is 12.1 Å². The number of hydrazine groups is 1. The number of hydrogen-bond acceptors (Lipinski definition) is 4. The highest BCUT2D eigenvalue weighted by molar-refractivity contribution is 7.89. The van der Waals surface area contributed by atoms with E-state index in [2.05, 4.69) is 5.84 Å². The van der Waals surface area contributed by atoms with E-state index in [-0.39, 0.29) is 5.56 Å². The van der Waals surface area contributed by atoms with Gasteiger partial charge in [0, 0.05) is 0 Å². The molecule has 0 radical (unpaired) electrons. The van der Waals surface area contributed by atoms with Crippen molar-refractivity contribution in [2.45, 2.75) is 4.90 Å². The van der Waals surface area contributed by atoms with Crippen LogP contribution in [0.2, 0.25) is 0 Å². The molecule has 0 bridgehead atoms. The van der Waals surface area contributed by atoms with Gasteiger partial charge in [-0.3, -0.25) is 5.84 Å². The Morgan fingerprint density at radius 1 is 1.47 bits per heavy atom. The molecule has 0 heterocycles. The lowest BCUT2D eigenvalue weighted by atomic mass is 10.2. The largest absolute Gasteiger partial charge is 0.478 e. The van der Waals surface area contributed by atoms with Crippen LogP contribution in [0.15, 0.2) is 23.1 Å². The van der Waals surface area contributed by atoms with Gasteiger partial charge in [0.25, 0.3) is 10.0 Å². The van der Waals surface area contributed by atoms with E-state index in [9.17, 15) is 17.6 Å². The van der Waals surface area contributed by atoms with Crippen LogP contribution in [0.5, 0.6) is 0 Å². The summed E-state index contributed by atoms with van der Waals surface area (Å²) in [4.78, 5) is 11.1. The number of benzene rings is 1. The number of hydrogen-bond donors (Lipinski definition) is 3. The summed E-state index contributed by atoms with van der Waals surface area (Å²) < 4.78 is 35.3. The van der Waals surface area contributed by atoms with Gasteiger partial charge in [0.2, 0.25) is 0 Å². The first-order valence-corrected chi connectivity index (χ1v) is 5.12. The van der Waals surface area contributed by atoms with E-state index in [0.29, 0.717) is 6.07 Å². The molecule has 0 aliphatic heterocycles. The Labute approximate surface area is 84.5 Å². The second-order valence-corrected chi connectivity index (χ2v) is 4.25. The molecule has 0 aliphatic rings. The SMILES string of the molecule is NNS(=O)(=O)c1cc(C(=O)O)ccc1F. The Morgan fingerprint density at radius 2 is 2.07 bits per heavy atom. The van der Waals surface area contributed by atoms with Crippen molar-refractivity contribution in [3.63, 3.8) is 0 Å². The lowest BCUT2D eigenvalue weighted by Crippen LogP contribution is -2.31. The number of halogens is 1. The van der Waals surface area contributed by atoms with Crippen LogP contribution in [0.1, 0.15) is 10.4 Å². The highest BCUT2D eigenvalue weighted by Crippen LogP contribution is 2.15. The predicted molar refractivity (Wildman–Crippen MR) is 47.9 cm³/mol. The Morgan fingerprint density at radius 3 is 2.53 bits per heavy atom. The van der Waals surface area contributed by atoms with Gasteiger partial charge in [0.15, 0.2) is 0 Å². The zero-order chi connectivity index (χ0) is 11.6.